The summed E-state index contributed by atoms with van der Waals surface area (Å²) in [6.07, 6.45) is -1.97. The summed E-state index contributed by atoms with van der Waals surface area (Å²) in [5, 5.41) is 8.64. The van der Waals surface area contributed by atoms with Gasteiger partial charge in [-0.1, -0.05) is 12.1 Å². The van der Waals surface area contributed by atoms with Crippen LogP contribution in [0.25, 0.3) is 0 Å². The first-order chi connectivity index (χ1) is 20.6. The first-order valence-corrected chi connectivity index (χ1v) is 18.4. The molecule has 3 atom stereocenters. The Morgan fingerprint density at radius 3 is 2.07 bits per heavy atom. The smallest absolute Gasteiger partial charge is 0.414 e. The van der Waals surface area contributed by atoms with E-state index in [0.29, 0.717) is 30.4 Å². The van der Waals surface area contributed by atoms with Crippen LogP contribution in [0.15, 0.2) is 24.3 Å². The van der Waals surface area contributed by atoms with E-state index < -0.39 is 73.3 Å². The zero-order chi connectivity index (χ0) is 34.4. The summed E-state index contributed by atoms with van der Waals surface area (Å²) in [6, 6.07) is 4.56. The highest BCUT2D eigenvalue weighted by Gasteiger charge is 2.61. The quantitative estimate of drug-likeness (QED) is 0.0826. The number of anilines is 1. The second-order valence-electron chi connectivity index (χ2n) is 11.8. The van der Waals surface area contributed by atoms with Gasteiger partial charge in [-0.3, -0.25) is 13.9 Å². The number of rotatable bonds is 14. The first-order valence-electron chi connectivity index (χ1n) is 14.1. The number of hydrogen-bond acceptors (Lipinski definition) is 9. The Hall–Kier alpha value is -1.61. The van der Waals surface area contributed by atoms with Crippen molar-refractivity contribution >= 4 is 62.0 Å². The Balaban J connectivity index is 2.34. The molecule has 3 amide bonds. The minimum atomic E-state index is -5.76. The van der Waals surface area contributed by atoms with E-state index in [1.807, 2.05) is 17.0 Å². The number of nitrogens with two attached hydrogens (primary N) is 1. The summed E-state index contributed by atoms with van der Waals surface area (Å²) in [5.74, 6) is -0.934. The number of likely N-dealkylation sites (tertiary alicyclic amines) is 1. The normalized spacial score (nSPS) is 20.0. The predicted octanol–water partition coefficient (Wildman–Crippen LogP) is 1.79. The molecule has 0 aromatic heterocycles. The van der Waals surface area contributed by atoms with Crippen LogP contribution in [-0.4, -0.2) is 108 Å². The highest BCUT2D eigenvalue weighted by atomic mass is 35.5. The molecular weight excluding hydrogens is 677 g/mol. The maximum absolute atomic E-state index is 14.0. The minimum absolute atomic E-state index is 0.0128. The number of quaternary nitrogens is 1. The highest BCUT2D eigenvalue weighted by molar-refractivity contribution is 7.72. The second kappa shape index (κ2) is 15.5. The van der Waals surface area contributed by atoms with E-state index >= 15 is 0 Å². The third-order valence-electron chi connectivity index (χ3n) is 7.41. The lowest BCUT2D eigenvalue weighted by molar-refractivity contribution is -0.787. The van der Waals surface area contributed by atoms with Crippen LogP contribution < -0.4 is 16.0 Å². The maximum Gasteiger partial charge on any atom is 0.524 e. The van der Waals surface area contributed by atoms with Gasteiger partial charge in [-0.05, 0) is 38.5 Å². The van der Waals surface area contributed by atoms with E-state index in [-0.39, 0.29) is 25.8 Å². The van der Waals surface area contributed by atoms with Crippen molar-refractivity contribution < 1.29 is 57.4 Å². The summed E-state index contributed by atoms with van der Waals surface area (Å²) < 4.78 is 27.8. The van der Waals surface area contributed by atoms with Crippen molar-refractivity contribution in [3.05, 3.63) is 29.8 Å². The molecule has 0 aliphatic carbocycles. The van der Waals surface area contributed by atoms with Crippen LogP contribution in [0.2, 0.25) is 0 Å². The van der Waals surface area contributed by atoms with Crippen molar-refractivity contribution in [3.63, 3.8) is 0 Å². The number of benzene rings is 1. The monoisotopic (exact) mass is 719 g/mol. The molecule has 1 unspecified atom stereocenters. The van der Waals surface area contributed by atoms with Gasteiger partial charge in [0, 0.05) is 62.8 Å². The molecular formula is C26H43Cl2N4O11P2+. The van der Waals surface area contributed by atoms with E-state index in [1.54, 1.807) is 32.9 Å². The van der Waals surface area contributed by atoms with Gasteiger partial charge in [0.15, 0.2) is 6.04 Å². The third kappa shape index (κ3) is 9.48. The van der Waals surface area contributed by atoms with Crippen LogP contribution in [0.3, 0.4) is 0 Å². The number of hydrogen-bond donors (Lipinski definition) is 7. The fraction of sp³-hybridized carbons (Fsp3) is 0.654. The molecule has 1 fully saturated rings. The molecule has 1 aliphatic rings. The summed E-state index contributed by atoms with van der Waals surface area (Å²) in [6.45, 7) is 4.97. The fourth-order valence-electron chi connectivity index (χ4n) is 5.14. The molecule has 1 heterocycles. The summed E-state index contributed by atoms with van der Waals surface area (Å²) in [4.78, 5) is 80.6. The fourth-order valence-corrected chi connectivity index (χ4v) is 7.72. The highest BCUT2D eigenvalue weighted by Crippen LogP contribution is 2.68. The molecule has 1 saturated heterocycles. The van der Waals surface area contributed by atoms with E-state index in [0.717, 1.165) is 5.69 Å². The standard InChI is InChI=1S/C26H42Cl2N4O11P2/c1-25(2,3)43-24(35)32(23(34)20(29)17-18-6-8-19(9-7-18)31(14-11-27)15-12-28)16-4-5-21(32)22(33)30-13-10-26(36,44(37,38)39)45(40,41)42/h6-9,20-21,36H,4-5,10-17,29H2,1-3H3,(H4-,30,33,37,38,39,40,41,42)/p+1/t20-,21-,32?/m0/s1. The van der Waals surface area contributed by atoms with Crippen molar-refractivity contribution in [1.29, 1.82) is 0 Å². The van der Waals surface area contributed by atoms with Gasteiger partial charge in [0.05, 0.1) is 6.54 Å². The largest absolute Gasteiger partial charge is 0.524 e. The minimum Gasteiger partial charge on any atom is -0.414 e. The van der Waals surface area contributed by atoms with E-state index in [9.17, 15) is 48.2 Å². The molecule has 0 bridgehead atoms. The van der Waals surface area contributed by atoms with Crippen LogP contribution in [0, 0.1) is 0 Å². The van der Waals surface area contributed by atoms with E-state index in [1.165, 1.54) is 0 Å². The van der Waals surface area contributed by atoms with Crippen molar-refractivity contribution in [2.24, 2.45) is 5.73 Å². The van der Waals surface area contributed by atoms with Crippen molar-refractivity contribution in [1.82, 2.24) is 5.32 Å². The van der Waals surface area contributed by atoms with Crippen molar-refractivity contribution in [3.8, 4) is 0 Å². The predicted molar refractivity (Wildman–Crippen MR) is 168 cm³/mol. The van der Waals surface area contributed by atoms with Gasteiger partial charge in [-0.15, -0.1) is 27.7 Å². The van der Waals surface area contributed by atoms with Crippen LogP contribution in [0.5, 0.6) is 0 Å². The van der Waals surface area contributed by atoms with Gasteiger partial charge in [-0.2, -0.15) is 4.79 Å². The van der Waals surface area contributed by atoms with E-state index in [4.69, 9.17) is 33.7 Å². The molecule has 0 spiro atoms. The number of ether oxygens (including phenoxy) is 1. The molecule has 1 aromatic carbocycles. The number of nitrogens with zero attached hydrogens (tertiary/aromatic N) is 2. The van der Waals surface area contributed by atoms with Gasteiger partial charge in [0.25, 0.3) is 11.0 Å². The number of aliphatic hydroxyl groups is 1. The lowest BCUT2D eigenvalue weighted by atomic mass is 10.0. The zero-order valence-corrected chi connectivity index (χ0v) is 28.6. The number of alkyl halides is 2. The average molecular weight is 721 g/mol. The molecule has 45 heavy (non-hydrogen) atoms. The second-order valence-corrected chi connectivity index (χ2v) is 16.6. The van der Waals surface area contributed by atoms with E-state index in [2.05, 4.69) is 5.32 Å². The molecule has 0 saturated carbocycles. The SMILES string of the molecule is CC(C)(C)OC(=O)[N+]1(C(=O)[C@@H](N)Cc2ccc(N(CCCl)CCCl)cc2)CCC[C@H]1C(=O)NCCC(O)(P(=O)(O)O)P(=O)(O)O. The van der Waals surface area contributed by atoms with Crippen LogP contribution in [-0.2, 0) is 29.9 Å². The topological polar surface area (TPSA) is 237 Å². The number of imide groups is 1. The van der Waals surface area contributed by atoms with Crippen molar-refractivity contribution in [2.45, 2.75) is 69.2 Å². The number of carbonyl (C=O) groups excluding carboxylic acids is 3. The molecule has 256 valence electrons. The van der Waals surface area contributed by atoms with Crippen molar-refractivity contribution in [2.75, 3.05) is 42.8 Å². The third-order valence-corrected chi connectivity index (χ3v) is 11.6. The molecule has 8 N–H and O–H groups in total. The molecule has 0 radical (unpaired) electrons. The lowest BCUT2D eigenvalue weighted by Crippen LogP contribution is -2.68. The Morgan fingerprint density at radius 1 is 1.07 bits per heavy atom. The molecule has 15 nitrogen and oxygen atoms in total. The number of carbonyl (C=O) groups is 3. The Labute approximate surface area is 271 Å². The molecule has 1 aliphatic heterocycles. The molecule has 2 rings (SSSR count). The van der Waals surface area contributed by atoms with Gasteiger partial charge in [0.1, 0.15) is 11.6 Å². The van der Waals surface area contributed by atoms with Gasteiger partial charge in [0.2, 0.25) is 0 Å². The van der Waals surface area contributed by atoms with Gasteiger partial charge >= 0.3 is 27.2 Å². The van der Waals surface area contributed by atoms with Crippen LogP contribution in [0.1, 0.15) is 45.6 Å². The molecule has 1 aromatic rings. The molecule has 19 heteroatoms. The Morgan fingerprint density at radius 2 is 1.60 bits per heavy atom. The summed E-state index contributed by atoms with van der Waals surface area (Å²) in [5.41, 5.74) is 6.85. The van der Waals surface area contributed by atoms with Crippen LogP contribution in [0.4, 0.5) is 10.5 Å². The maximum atomic E-state index is 14.0. The first kappa shape index (κ1) is 39.6. The summed E-state index contributed by atoms with van der Waals surface area (Å²) in [7, 11) is -11.5. The number of halogens is 2. The van der Waals surface area contributed by atoms with Gasteiger partial charge in [-0.25, -0.2) is 4.79 Å². The van der Waals surface area contributed by atoms with Crippen LogP contribution >= 0.6 is 38.4 Å². The van der Waals surface area contributed by atoms with Gasteiger partial charge < -0.3 is 45.4 Å². The number of amides is 3. The average Bonchev–Trinajstić information content (AvgIpc) is 3.37. The number of nitrogens with one attached hydrogen (secondary N) is 1. The summed E-state index contributed by atoms with van der Waals surface area (Å²) >= 11 is 11.8. The Bertz CT molecular complexity index is 1270. The Kier molecular flexibility index (Phi) is 13.7. The lowest BCUT2D eigenvalue weighted by Gasteiger charge is -2.36. The zero-order valence-electron chi connectivity index (χ0n) is 25.3.